The number of hydrogen-bond acceptors (Lipinski definition) is 5. The molecule has 2 aromatic carbocycles. The first kappa shape index (κ1) is 24.6. The Morgan fingerprint density at radius 2 is 2.00 bits per heavy atom. The number of benzene rings is 2. The lowest BCUT2D eigenvalue weighted by atomic mass is 10.0. The van der Waals surface area contributed by atoms with Crippen LogP contribution in [-0.4, -0.2) is 31.9 Å². The van der Waals surface area contributed by atoms with E-state index in [-0.39, 0.29) is 11.6 Å². The molecule has 35 heavy (non-hydrogen) atoms. The number of para-hydroxylation sites is 1. The molecule has 2 atom stereocenters. The first-order valence-electron chi connectivity index (χ1n) is 10.8. The van der Waals surface area contributed by atoms with Crippen molar-refractivity contribution in [1.29, 1.82) is 0 Å². The van der Waals surface area contributed by atoms with Gasteiger partial charge in [-0.05, 0) is 50.6 Å². The number of carbonyl (C=O) groups is 1. The van der Waals surface area contributed by atoms with Crippen molar-refractivity contribution in [3.05, 3.63) is 82.3 Å². The first-order valence-corrected chi connectivity index (χ1v) is 11.2. The van der Waals surface area contributed by atoms with Crippen LogP contribution >= 0.6 is 11.6 Å². The number of carbonyl (C=O) groups excluding carboxylic acids is 1. The molecule has 0 aliphatic rings. The average molecular weight is 501 g/mol. The van der Waals surface area contributed by atoms with Crippen molar-refractivity contribution >= 4 is 28.4 Å². The lowest BCUT2D eigenvalue weighted by Gasteiger charge is -2.21. The van der Waals surface area contributed by atoms with E-state index in [9.17, 15) is 18.7 Å². The van der Waals surface area contributed by atoms with E-state index in [0.29, 0.717) is 39.2 Å². The minimum atomic E-state index is -1.22. The van der Waals surface area contributed by atoms with Crippen molar-refractivity contribution in [2.75, 3.05) is 0 Å². The number of nitrogens with zero attached hydrogens (tertiary/aromatic N) is 3. The zero-order valence-electron chi connectivity index (χ0n) is 19.2. The van der Waals surface area contributed by atoms with Crippen molar-refractivity contribution in [1.82, 2.24) is 20.1 Å². The van der Waals surface area contributed by atoms with Gasteiger partial charge in [0.05, 0.1) is 29.1 Å². The standard InChI is InChI=1S/C25H23ClF2N4O3/c1-13-7-22(32-11-17(28)10-29-32)18-5-4-6-23(24(18)30-13)35-12-20-19(8-16(27)9-21(20)26)14(2)31-25(34)15(3)33/h4-11,14-15,33H,12H2,1-3H3,(H,31,34). The normalized spacial score (nSPS) is 13.0. The van der Waals surface area contributed by atoms with Gasteiger partial charge in [0, 0.05) is 16.6 Å². The highest BCUT2D eigenvalue weighted by Crippen LogP contribution is 2.32. The molecule has 0 saturated carbocycles. The summed E-state index contributed by atoms with van der Waals surface area (Å²) in [6.45, 7) is 4.77. The molecule has 7 nitrogen and oxygen atoms in total. The van der Waals surface area contributed by atoms with Crippen molar-refractivity contribution in [2.24, 2.45) is 0 Å². The summed E-state index contributed by atoms with van der Waals surface area (Å²) in [5, 5.41) is 17.0. The summed E-state index contributed by atoms with van der Waals surface area (Å²) < 4.78 is 35.3. The van der Waals surface area contributed by atoms with Gasteiger partial charge in [-0.3, -0.25) is 4.79 Å². The smallest absolute Gasteiger partial charge is 0.249 e. The van der Waals surface area contributed by atoms with Crippen molar-refractivity contribution in [3.63, 3.8) is 0 Å². The van der Waals surface area contributed by atoms with E-state index in [0.717, 1.165) is 6.20 Å². The van der Waals surface area contributed by atoms with Gasteiger partial charge in [-0.1, -0.05) is 23.7 Å². The number of hydrogen-bond donors (Lipinski definition) is 2. The molecule has 182 valence electrons. The fourth-order valence-corrected chi connectivity index (χ4v) is 4.06. The van der Waals surface area contributed by atoms with Gasteiger partial charge in [-0.25, -0.2) is 18.4 Å². The number of aliphatic hydroxyl groups excluding tert-OH is 1. The topological polar surface area (TPSA) is 89.3 Å². The molecule has 2 unspecified atom stereocenters. The van der Waals surface area contributed by atoms with E-state index in [2.05, 4.69) is 15.4 Å². The predicted octanol–water partition coefficient (Wildman–Crippen LogP) is 4.80. The number of aromatic nitrogens is 3. The summed E-state index contributed by atoms with van der Waals surface area (Å²) in [6, 6.07) is 8.93. The van der Waals surface area contributed by atoms with Crippen LogP contribution in [0.5, 0.6) is 5.75 Å². The summed E-state index contributed by atoms with van der Waals surface area (Å²) in [7, 11) is 0. The van der Waals surface area contributed by atoms with Crippen LogP contribution < -0.4 is 10.1 Å². The SMILES string of the molecule is Cc1cc(-n2cc(F)cn2)c2cccc(OCc3c(Cl)cc(F)cc3C(C)NC(=O)C(C)O)c2n1. The molecule has 0 radical (unpaired) electrons. The number of rotatable bonds is 7. The van der Waals surface area contributed by atoms with Crippen LogP contribution in [0.25, 0.3) is 16.6 Å². The second-order valence-corrected chi connectivity index (χ2v) is 8.60. The molecule has 2 aromatic heterocycles. The van der Waals surface area contributed by atoms with Crippen molar-refractivity contribution in [2.45, 2.75) is 39.5 Å². The lowest BCUT2D eigenvalue weighted by molar-refractivity contribution is -0.129. The number of ether oxygens (including phenoxy) is 1. The van der Waals surface area contributed by atoms with E-state index in [1.54, 1.807) is 32.0 Å². The quantitative estimate of drug-likeness (QED) is 0.380. The maximum absolute atomic E-state index is 14.2. The monoisotopic (exact) mass is 500 g/mol. The number of pyridine rings is 1. The Bertz CT molecular complexity index is 1410. The summed E-state index contributed by atoms with van der Waals surface area (Å²) in [5.74, 6) is -1.19. The molecule has 10 heteroatoms. The molecule has 4 rings (SSSR count). The Labute approximate surface area is 205 Å². The molecule has 2 N–H and O–H groups in total. The van der Waals surface area contributed by atoms with E-state index < -0.39 is 29.7 Å². The van der Waals surface area contributed by atoms with Crippen molar-refractivity contribution < 1.29 is 23.4 Å². The van der Waals surface area contributed by atoms with E-state index in [4.69, 9.17) is 16.3 Å². The van der Waals surface area contributed by atoms with Gasteiger partial charge in [0.2, 0.25) is 5.91 Å². The molecule has 0 saturated heterocycles. The number of aliphatic hydroxyl groups is 1. The number of aryl methyl sites for hydroxylation is 1. The molecule has 2 heterocycles. The third-order valence-corrected chi connectivity index (χ3v) is 5.82. The van der Waals surface area contributed by atoms with Crippen LogP contribution in [0.3, 0.4) is 0 Å². The molecule has 0 bridgehead atoms. The fraction of sp³-hybridized carbons (Fsp3) is 0.240. The van der Waals surface area contributed by atoms with Crippen LogP contribution in [0.1, 0.15) is 36.7 Å². The van der Waals surface area contributed by atoms with Gasteiger partial charge in [-0.2, -0.15) is 5.10 Å². The van der Waals surface area contributed by atoms with E-state index in [1.165, 1.54) is 29.9 Å². The molecular formula is C25H23ClF2N4O3. The van der Waals surface area contributed by atoms with Gasteiger partial charge in [0.1, 0.15) is 29.8 Å². The minimum absolute atomic E-state index is 0.0379. The Morgan fingerprint density at radius 1 is 1.23 bits per heavy atom. The fourth-order valence-electron chi connectivity index (χ4n) is 3.79. The lowest BCUT2D eigenvalue weighted by Crippen LogP contribution is -2.34. The molecule has 0 fully saturated rings. The molecular weight excluding hydrogens is 478 g/mol. The van der Waals surface area contributed by atoms with Gasteiger partial charge >= 0.3 is 0 Å². The number of amides is 1. The molecule has 0 spiro atoms. The zero-order valence-corrected chi connectivity index (χ0v) is 20.0. The Kier molecular flexibility index (Phi) is 7.00. The van der Waals surface area contributed by atoms with Gasteiger partial charge in [-0.15, -0.1) is 0 Å². The molecule has 1 amide bonds. The van der Waals surface area contributed by atoms with Crippen LogP contribution in [0.4, 0.5) is 8.78 Å². The summed E-state index contributed by atoms with van der Waals surface area (Å²) >= 11 is 6.35. The van der Waals surface area contributed by atoms with Crippen LogP contribution in [0.2, 0.25) is 5.02 Å². The third kappa shape index (κ3) is 5.26. The Morgan fingerprint density at radius 3 is 2.69 bits per heavy atom. The van der Waals surface area contributed by atoms with Gasteiger partial charge in [0.15, 0.2) is 5.82 Å². The van der Waals surface area contributed by atoms with E-state index >= 15 is 0 Å². The summed E-state index contributed by atoms with van der Waals surface area (Å²) in [6.07, 6.45) is 1.18. The largest absolute Gasteiger partial charge is 0.487 e. The average Bonchev–Trinajstić information content (AvgIpc) is 3.23. The number of nitrogens with one attached hydrogen (secondary N) is 1. The number of fused-ring (bicyclic) bond motifs is 1. The first-order chi connectivity index (χ1) is 16.6. The van der Waals surface area contributed by atoms with Crippen LogP contribution in [0, 0.1) is 18.6 Å². The highest BCUT2D eigenvalue weighted by molar-refractivity contribution is 6.31. The highest BCUT2D eigenvalue weighted by atomic mass is 35.5. The summed E-state index contributed by atoms with van der Waals surface area (Å²) in [5.41, 5.74) is 2.74. The third-order valence-electron chi connectivity index (χ3n) is 5.48. The zero-order chi connectivity index (χ0) is 25.3. The van der Waals surface area contributed by atoms with Gasteiger partial charge in [0.25, 0.3) is 0 Å². The Balaban J connectivity index is 1.70. The van der Waals surface area contributed by atoms with E-state index in [1.807, 2.05) is 6.07 Å². The Hall–Kier alpha value is -3.56. The minimum Gasteiger partial charge on any atom is -0.487 e. The second-order valence-electron chi connectivity index (χ2n) is 8.19. The predicted molar refractivity (Wildman–Crippen MR) is 128 cm³/mol. The van der Waals surface area contributed by atoms with Gasteiger partial charge < -0.3 is 15.2 Å². The molecule has 0 aliphatic heterocycles. The number of halogens is 3. The van der Waals surface area contributed by atoms with Crippen LogP contribution in [0.15, 0.2) is 48.8 Å². The highest BCUT2D eigenvalue weighted by Gasteiger charge is 2.20. The maximum atomic E-state index is 14.2. The summed E-state index contributed by atoms with van der Waals surface area (Å²) in [4.78, 5) is 16.6. The maximum Gasteiger partial charge on any atom is 0.249 e. The molecule has 4 aromatic rings. The van der Waals surface area contributed by atoms with Crippen LogP contribution in [-0.2, 0) is 11.4 Å². The second kappa shape index (κ2) is 9.97. The molecule has 0 aliphatic carbocycles. The van der Waals surface area contributed by atoms with Crippen molar-refractivity contribution in [3.8, 4) is 11.4 Å².